The zero-order valence-electron chi connectivity index (χ0n) is 11.2. The Balaban J connectivity index is 1.99. The average molecular weight is 250 g/mol. The van der Waals surface area contributed by atoms with Crippen molar-refractivity contribution in [2.75, 3.05) is 25.0 Å². The van der Waals surface area contributed by atoms with Crippen molar-refractivity contribution in [3.8, 4) is 5.88 Å². The highest BCUT2D eigenvalue weighted by molar-refractivity contribution is 5.31. The number of rotatable bonds is 5. The maximum atomic E-state index is 5.56. The van der Waals surface area contributed by atoms with E-state index in [0.717, 1.165) is 38.0 Å². The third kappa shape index (κ3) is 3.84. The summed E-state index contributed by atoms with van der Waals surface area (Å²) >= 11 is 0. The predicted octanol–water partition coefficient (Wildman–Crippen LogP) is 1.74. The lowest BCUT2D eigenvalue weighted by Crippen LogP contribution is -2.35. The van der Waals surface area contributed by atoms with E-state index in [1.165, 1.54) is 0 Å². The quantitative estimate of drug-likeness (QED) is 0.833. The molecule has 1 aliphatic heterocycles. The van der Waals surface area contributed by atoms with Crippen LogP contribution in [0.1, 0.15) is 31.9 Å². The number of aryl methyl sites for hydroxylation is 1. The monoisotopic (exact) mass is 250 g/mol. The third-order valence-electron chi connectivity index (χ3n) is 2.96. The van der Waals surface area contributed by atoms with Crippen LogP contribution in [0.5, 0.6) is 5.88 Å². The maximum absolute atomic E-state index is 5.56. The molecular formula is C13H22N4O. The average Bonchev–Trinajstić information content (AvgIpc) is 2.37. The first-order valence-corrected chi connectivity index (χ1v) is 6.73. The van der Waals surface area contributed by atoms with Crippen molar-refractivity contribution in [3.05, 3.63) is 11.8 Å². The molecule has 0 atom stereocenters. The maximum Gasteiger partial charge on any atom is 0.226 e. The number of aromatic nitrogens is 2. The third-order valence-corrected chi connectivity index (χ3v) is 2.96. The predicted molar refractivity (Wildman–Crippen MR) is 72.1 cm³/mol. The first kappa shape index (κ1) is 13.1. The second-order valence-electron chi connectivity index (χ2n) is 4.69. The van der Waals surface area contributed by atoms with Crippen LogP contribution in [0.3, 0.4) is 0 Å². The lowest BCUT2D eigenvalue weighted by atomic mass is 10.1. The van der Waals surface area contributed by atoms with Crippen LogP contribution in [0, 0.1) is 6.92 Å². The minimum Gasteiger partial charge on any atom is -0.478 e. The van der Waals surface area contributed by atoms with E-state index in [1.807, 2.05) is 13.0 Å². The fourth-order valence-electron chi connectivity index (χ4n) is 2.03. The van der Waals surface area contributed by atoms with Gasteiger partial charge in [-0.05, 0) is 39.3 Å². The van der Waals surface area contributed by atoms with Crippen LogP contribution in [-0.4, -0.2) is 35.7 Å². The lowest BCUT2D eigenvalue weighted by Gasteiger charge is -2.23. The molecule has 1 aliphatic rings. The van der Waals surface area contributed by atoms with E-state index in [-0.39, 0.29) is 0 Å². The van der Waals surface area contributed by atoms with Crippen LogP contribution in [0.25, 0.3) is 0 Å². The van der Waals surface area contributed by atoms with Gasteiger partial charge in [0, 0.05) is 17.8 Å². The second-order valence-corrected chi connectivity index (χ2v) is 4.69. The van der Waals surface area contributed by atoms with Gasteiger partial charge in [-0.2, -0.15) is 4.98 Å². The topological polar surface area (TPSA) is 59.1 Å². The molecule has 18 heavy (non-hydrogen) atoms. The minimum absolute atomic E-state index is 0.465. The number of hydrogen-bond donors (Lipinski definition) is 2. The molecule has 2 rings (SSSR count). The Bertz CT molecular complexity index is 377. The molecule has 0 aromatic carbocycles. The number of nitrogens with one attached hydrogen (secondary N) is 2. The Kier molecular flexibility index (Phi) is 4.75. The van der Waals surface area contributed by atoms with Gasteiger partial charge in [-0.1, -0.05) is 6.92 Å². The van der Waals surface area contributed by atoms with Gasteiger partial charge < -0.3 is 15.4 Å². The largest absolute Gasteiger partial charge is 0.478 e. The molecule has 0 amide bonds. The van der Waals surface area contributed by atoms with Crippen molar-refractivity contribution in [2.24, 2.45) is 0 Å². The summed E-state index contributed by atoms with van der Waals surface area (Å²) in [6, 6.07) is 2.34. The van der Waals surface area contributed by atoms with Crippen LogP contribution >= 0.6 is 0 Å². The summed E-state index contributed by atoms with van der Waals surface area (Å²) in [5.41, 5.74) is 0.938. The normalized spacial score (nSPS) is 16.6. The van der Waals surface area contributed by atoms with Gasteiger partial charge in [-0.3, -0.25) is 0 Å². The van der Waals surface area contributed by atoms with Crippen molar-refractivity contribution in [1.29, 1.82) is 0 Å². The van der Waals surface area contributed by atoms with Gasteiger partial charge in [0.25, 0.3) is 0 Å². The van der Waals surface area contributed by atoms with Crippen molar-refractivity contribution >= 4 is 5.95 Å². The van der Waals surface area contributed by atoms with Crippen molar-refractivity contribution < 1.29 is 4.74 Å². The molecule has 2 heterocycles. The Morgan fingerprint density at radius 3 is 2.89 bits per heavy atom. The molecule has 0 bridgehead atoms. The van der Waals surface area contributed by atoms with Crippen LogP contribution in [-0.2, 0) is 0 Å². The van der Waals surface area contributed by atoms with Crippen LogP contribution in [0.15, 0.2) is 6.07 Å². The molecule has 100 valence electrons. The Hall–Kier alpha value is -1.36. The van der Waals surface area contributed by atoms with Crippen molar-refractivity contribution in [3.63, 3.8) is 0 Å². The van der Waals surface area contributed by atoms with E-state index < -0.39 is 0 Å². The smallest absolute Gasteiger partial charge is 0.226 e. The van der Waals surface area contributed by atoms with Gasteiger partial charge >= 0.3 is 0 Å². The number of hydrogen-bond acceptors (Lipinski definition) is 5. The van der Waals surface area contributed by atoms with Gasteiger partial charge in [0.15, 0.2) is 0 Å². The molecule has 1 saturated heterocycles. The second kappa shape index (κ2) is 6.54. The zero-order chi connectivity index (χ0) is 12.8. The molecular weight excluding hydrogens is 228 g/mol. The number of nitrogens with zero attached hydrogens (tertiary/aromatic N) is 2. The number of ether oxygens (including phenoxy) is 1. The highest BCUT2D eigenvalue weighted by atomic mass is 16.5. The molecule has 0 saturated carbocycles. The highest BCUT2D eigenvalue weighted by Gasteiger charge is 2.14. The molecule has 0 spiro atoms. The van der Waals surface area contributed by atoms with E-state index >= 15 is 0 Å². The van der Waals surface area contributed by atoms with E-state index in [9.17, 15) is 0 Å². The summed E-state index contributed by atoms with van der Waals surface area (Å²) in [5, 5.41) is 6.74. The zero-order valence-corrected chi connectivity index (χ0v) is 11.2. The van der Waals surface area contributed by atoms with Crippen LogP contribution in [0.2, 0.25) is 0 Å². The molecule has 1 aromatic rings. The Morgan fingerprint density at radius 1 is 1.39 bits per heavy atom. The Morgan fingerprint density at radius 2 is 2.17 bits per heavy atom. The van der Waals surface area contributed by atoms with Gasteiger partial charge in [0.05, 0.1) is 6.61 Å². The summed E-state index contributed by atoms with van der Waals surface area (Å²) in [7, 11) is 0. The molecule has 5 nitrogen and oxygen atoms in total. The summed E-state index contributed by atoms with van der Waals surface area (Å²) < 4.78 is 5.56. The van der Waals surface area contributed by atoms with Gasteiger partial charge in [-0.15, -0.1) is 0 Å². The molecule has 0 unspecified atom stereocenters. The summed E-state index contributed by atoms with van der Waals surface area (Å²) in [6.07, 6.45) is 3.21. The fraction of sp³-hybridized carbons (Fsp3) is 0.692. The SMILES string of the molecule is CCCOc1cc(C)nc(NC2CCNCC2)n1. The number of piperidine rings is 1. The molecule has 2 N–H and O–H groups in total. The van der Waals surface area contributed by atoms with Crippen LogP contribution in [0.4, 0.5) is 5.95 Å². The molecule has 0 radical (unpaired) electrons. The van der Waals surface area contributed by atoms with E-state index in [4.69, 9.17) is 4.74 Å². The molecule has 0 aliphatic carbocycles. The van der Waals surface area contributed by atoms with Crippen LogP contribution < -0.4 is 15.4 Å². The summed E-state index contributed by atoms with van der Waals surface area (Å²) in [5.74, 6) is 1.36. The molecule has 1 fully saturated rings. The molecule has 5 heteroatoms. The highest BCUT2D eigenvalue weighted by Crippen LogP contribution is 2.15. The van der Waals surface area contributed by atoms with Gasteiger partial charge in [-0.25, -0.2) is 4.98 Å². The van der Waals surface area contributed by atoms with E-state index in [1.54, 1.807) is 0 Å². The van der Waals surface area contributed by atoms with E-state index in [2.05, 4.69) is 27.5 Å². The first-order chi connectivity index (χ1) is 8.78. The van der Waals surface area contributed by atoms with Gasteiger partial charge in [0.1, 0.15) is 0 Å². The fourth-order valence-corrected chi connectivity index (χ4v) is 2.03. The van der Waals surface area contributed by atoms with Gasteiger partial charge in [0.2, 0.25) is 11.8 Å². The Labute approximate surface area is 108 Å². The standard InChI is InChI=1S/C13H22N4O/c1-3-8-18-12-9-10(2)15-13(17-12)16-11-4-6-14-7-5-11/h9,11,14H,3-8H2,1-2H3,(H,15,16,17). The minimum atomic E-state index is 0.465. The molecule has 1 aromatic heterocycles. The van der Waals surface area contributed by atoms with Crippen molar-refractivity contribution in [2.45, 2.75) is 39.2 Å². The first-order valence-electron chi connectivity index (χ1n) is 6.73. The van der Waals surface area contributed by atoms with E-state index in [0.29, 0.717) is 24.5 Å². The summed E-state index contributed by atoms with van der Waals surface area (Å²) in [6.45, 7) is 6.87. The lowest BCUT2D eigenvalue weighted by molar-refractivity contribution is 0.304. The number of anilines is 1. The van der Waals surface area contributed by atoms with Crippen molar-refractivity contribution in [1.82, 2.24) is 15.3 Å². The summed E-state index contributed by atoms with van der Waals surface area (Å²) in [4.78, 5) is 8.81.